The molecule has 0 N–H and O–H groups in total. The molecule has 1 aromatic rings. The molecule has 0 saturated heterocycles. The van der Waals surface area contributed by atoms with E-state index in [0.29, 0.717) is 0 Å². The van der Waals surface area contributed by atoms with Crippen molar-refractivity contribution in [3.63, 3.8) is 0 Å². The maximum atomic E-state index is 5.13. The molecule has 0 aromatic heterocycles. The Kier molecular flexibility index (Phi) is 22.7. The van der Waals surface area contributed by atoms with E-state index in [1.54, 1.807) is 12.2 Å². The van der Waals surface area contributed by atoms with Gasteiger partial charge in [0.2, 0.25) is 0 Å². The Morgan fingerprint density at radius 1 is 1.04 bits per heavy atom. The molecule has 2 heteroatoms. The van der Waals surface area contributed by atoms with E-state index in [1.165, 1.54) is 6.08 Å². The van der Waals surface area contributed by atoms with Crippen LogP contribution in [0.15, 0.2) is 85.0 Å². The summed E-state index contributed by atoms with van der Waals surface area (Å²) in [5.74, 6) is 0. The largest absolute Gasteiger partial charge is 3.00 e. The van der Waals surface area contributed by atoms with Gasteiger partial charge in [0.05, 0.1) is 0 Å². The fraction of sp³-hybridized carbons (Fsp3) is 0.0435. The first-order valence-electron chi connectivity index (χ1n) is 7.23. The van der Waals surface area contributed by atoms with Crippen LogP contribution in [0.5, 0.6) is 0 Å². The summed E-state index contributed by atoms with van der Waals surface area (Å²) < 4.78 is 0. The topological polar surface area (TPSA) is 0 Å². The van der Waals surface area contributed by atoms with Gasteiger partial charge in [0.1, 0.15) is 0 Å². The zero-order valence-corrected chi connectivity index (χ0v) is 19.8. The molecule has 1 aliphatic carbocycles. The molecule has 2 rings (SSSR count). The molecule has 1 aromatic carbocycles. The molecular weight excluding hydrogens is 454 g/mol. The van der Waals surface area contributed by atoms with Crippen LogP contribution in [0, 0.1) is 36.9 Å². The van der Waals surface area contributed by atoms with Crippen molar-refractivity contribution in [2.45, 2.75) is 6.42 Å². The average Bonchev–Trinajstić information content (AvgIpc) is 2.67. The molecule has 0 radical (unpaired) electrons. The second-order valence-corrected chi connectivity index (χ2v) is 4.18. The maximum Gasteiger partial charge on any atom is 3.00 e. The van der Waals surface area contributed by atoms with Crippen LogP contribution >= 0.6 is 0 Å². The summed E-state index contributed by atoms with van der Waals surface area (Å²) in [5.41, 5.74) is 1.01. The van der Waals surface area contributed by atoms with Crippen molar-refractivity contribution in [1.29, 1.82) is 0 Å². The summed E-state index contributed by atoms with van der Waals surface area (Å²) in [6, 6.07) is 10.8. The van der Waals surface area contributed by atoms with Crippen molar-refractivity contribution in [3.05, 3.63) is 128 Å². The Bertz CT molecular complexity index is 603. The van der Waals surface area contributed by atoms with E-state index in [1.807, 2.05) is 72.9 Å². The predicted octanol–water partition coefficient (Wildman–Crippen LogP) is 5.42. The monoisotopic (exact) mass is 472 g/mol. The quantitative estimate of drug-likeness (QED) is 0.407. The Hall–Kier alpha value is -0.652. The molecule has 0 atom stereocenters. The number of benzene rings is 1. The van der Waals surface area contributed by atoms with Crippen molar-refractivity contribution < 1.29 is 65.4 Å². The van der Waals surface area contributed by atoms with E-state index >= 15 is 0 Å². The van der Waals surface area contributed by atoms with Gasteiger partial charge >= 0.3 is 65.4 Å². The van der Waals surface area contributed by atoms with Crippen LogP contribution in [0.25, 0.3) is 6.08 Å². The van der Waals surface area contributed by atoms with Gasteiger partial charge in [-0.15, -0.1) is 12.5 Å². The second-order valence-electron chi connectivity index (χ2n) is 4.18. The Labute approximate surface area is 203 Å². The summed E-state index contributed by atoms with van der Waals surface area (Å²) in [6.45, 7) is 5.13. The average molecular weight is 472 g/mol. The first-order chi connectivity index (χ1) is 11.4. The van der Waals surface area contributed by atoms with Crippen molar-refractivity contribution in [3.8, 4) is 0 Å². The minimum Gasteiger partial charge on any atom is -0.287 e. The third-order valence-corrected chi connectivity index (χ3v) is 2.41. The molecule has 25 heavy (non-hydrogen) atoms. The van der Waals surface area contributed by atoms with Crippen molar-refractivity contribution >= 4 is 6.08 Å². The van der Waals surface area contributed by atoms with Gasteiger partial charge in [0.15, 0.2) is 0 Å². The first-order valence-corrected chi connectivity index (χ1v) is 7.23. The summed E-state index contributed by atoms with van der Waals surface area (Å²) in [6.07, 6.45) is 32.7. The second kappa shape index (κ2) is 21.4. The number of hydrogen-bond donors (Lipinski definition) is 0. The van der Waals surface area contributed by atoms with Gasteiger partial charge in [0.25, 0.3) is 0 Å². The number of hydrogen-bond acceptors (Lipinski definition) is 0. The third kappa shape index (κ3) is 17.9. The summed E-state index contributed by atoms with van der Waals surface area (Å²) in [7, 11) is 0. The molecule has 0 bridgehead atoms. The molecule has 0 spiro atoms. The fourth-order valence-corrected chi connectivity index (χ4v) is 1.39. The SMILES string of the molecule is [C-]1=CC=[C-]C=CC[C-]=CC=C1.[CH-]=CC=C[C-]=Cc1[c-]cccc1.[Y+3].[Y+3]. The summed E-state index contributed by atoms with van der Waals surface area (Å²) in [5, 5.41) is 0. The van der Waals surface area contributed by atoms with E-state index in [9.17, 15) is 0 Å². The van der Waals surface area contributed by atoms with Crippen LogP contribution in [0.4, 0.5) is 0 Å². The van der Waals surface area contributed by atoms with E-state index in [-0.39, 0.29) is 65.4 Å². The van der Waals surface area contributed by atoms with Crippen LogP contribution in [-0.4, -0.2) is 0 Å². The Balaban J connectivity index is 0. The van der Waals surface area contributed by atoms with Crippen molar-refractivity contribution in [2.75, 3.05) is 0 Å². The van der Waals surface area contributed by atoms with E-state index in [4.69, 9.17) is 6.58 Å². The van der Waals surface area contributed by atoms with Crippen LogP contribution in [0.1, 0.15) is 12.0 Å². The molecule has 116 valence electrons. The zero-order valence-electron chi connectivity index (χ0n) is 14.1. The fourth-order valence-electron chi connectivity index (χ4n) is 1.39. The minimum atomic E-state index is 0. The van der Waals surface area contributed by atoms with E-state index in [2.05, 4.69) is 30.4 Å². The molecule has 0 nitrogen and oxygen atoms in total. The molecule has 1 aliphatic rings. The van der Waals surface area contributed by atoms with Gasteiger partial charge in [0, 0.05) is 0 Å². The van der Waals surface area contributed by atoms with Crippen LogP contribution in [0.2, 0.25) is 0 Å². The standard InChI is InChI=1S/C12H9.C11H9.2Y/c1-2-3-4-6-9-12-10-7-5-8-11-12;1-2-4-6-8-10-11-9-7-5-3-1;;/h1-5,7-10H;1-3,6,8-9,11H,7H2;;/q2*-3;2*+3. The van der Waals surface area contributed by atoms with Gasteiger partial charge in [-0.05, 0) is 0 Å². The predicted molar refractivity (Wildman–Crippen MR) is 97.3 cm³/mol. The first kappa shape index (κ1) is 26.6. The minimum absolute atomic E-state index is 0. The molecule has 0 heterocycles. The number of rotatable bonds is 3. The van der Waals surface area contributed by atoms with Gasteiger partial charge in [-0.2, -0.15) is 42.5 Å². The number of allylic oxidation sites excluding steroid dienone is 14. The van der Waals surface area contributed by atoms with Crippen LogP contribution < -0.4 is 0 Å². The normalized spacial score (nSPS) is 12.6. The van der Waals surface area contributed by atoms with Crippen LogP contribution in [-0.2, 0) is 65.4 Å². The smallest absolute Gasteiger partial charge is 0.287 e. The third-order valence-electron chi connectivity index (χ3n) is 2.41. The van der Waals surface area contributed by atoms with E-state index in [0.717, 1.165) is 12.0 Å². The zero-order chi connectivity index (χ0) is 16.4. The van der Waals surface area contributed by atoms with Gasteiger partial charge < -0.3 is 0 Å². The summed E-state index contributed by atoms with van der Waals surface area (Å²) in [4.78, 5) is 0. The molecule has 0 saturated carbocycles. The molecule has 0 unspecified atom stereocenters. The van der Waals surface area contributed by atoms with E-state index < -0.39 is 0 Å². The Morgan fingerprint density at radius 2 is 1.84 bits per heavy atom. The maximum absolute atomic E-state index is 5.13. The molecule has 0 fully saturated rings. The van der Waals surface area contributed by atoms with Gasteiger partial charge in [-0.1, -0.05) is 0 Å². The van der Waals surface area contributed by atoms with Crippen molar-refractivity contribution in [1.82, 2.24) is 0 Å². The summed E-state index contributed by atoms with van der Waals surface area (Å²) >= 11 is 0. The van der Waals surface area contributed by atoms with Crippen LogP contribution in [0.3, 0.4) is 0 Å². The molecule has 0 amide bonds. The van der Waals surface area contributed by atoms with Gasteiger partial charge in [-0.3, -0.25) is 48.6 Å². The molecule has 0 aliphatic heterocycles. The molecular formula is C23H18Y2. The Morgan fingerprint density at radius 3 is 2.56 bits per heavy atom. The van der Waals surface area contributed by atoms with Crippen molar-refractivity contribution in [2.24, 2.45) is 0 Å². The van der Waals surface area contributed by atoms with Gasteiger partial charge in [-0.25, -0.2) is 36.4 Å².